The van der Waals surface area contributed by atoms with E-state index in [9.17, 15) is 9.59 Å². The Labute approximate surface area is 323 Å². The molecule has 0 saturated carbocycles. The monoisotopic (exact) mass is 849 g/mol. The standard InChI is InChI=1S/C40H43FIN6O2S2/c1-27-24-51-37(43-27)45-35(49)22-39(12-6-7-13-39)20-29-10-11-33(41)34(18-29)48(5)26-42-31-16-30(17-32(19-31)47(3)4)21-40(14-8-9-15-40)23-36(50)46-38-44-28(2)25-52-38/h6-19,24-25H,20-23,26H2,1-5H3,(H,43,45,49)(H,44,46,50)/q-1. The number of rotatable bonds is 15. The number of hydrogen-bond acceptors (Lipinski definition) is 8. The number of amides is 2. The Bertz CT molecular complexity index is 2040. The molecular weight excluding hydrogens is 807 g/mol. The zero-order valence-electron chi connectivity index (χ0n) is 30.0. The summed E-state index contributed by atoms with van der Waals surface area (Å²) in [4.78, 5) is 39.0. The summed E-state index contributed by atoms with van der Waals surface area (Å²) in [6.07, 6.45) is 18.2. The summed E-state index contributed by atoms with van der Waals surface area (Å²) in [5.74, 6) is -0.434. The molecule has 0 bridgehead atoms. The van der Waals surface area contributed by atoms with Gasteiger partial charge in [-0.15, -0.1) is 0 Å². The average Bonchev–Trinajstić information content (AvgIpc) is 3.91. The van der Waals surface area contributed by atoms with Crippen molar-refractivity contribution < 1.29 is 35.2 Å². The Morgan fingerprint density at radius 3 is 1.81 bits per heavy atom. The van der Waals surface area contributed by atoms with Gasteiger partial charge < -0.3 is 0 Å². The van der Waals surface area contributed by atoms with E-state index in [0.717, 1.165) is 28.2 Å². The molecule has 0 spiro atoms. The van der Waals surface area contributed by atoms with Crippen LogP contribution in [0.1, 0.15) is 35.4 Å². The molecule has 272 valence electrons. The van der Waals surface area contributed by atoms with E-state index in [4.69, 9.17) is 0 Å². The van der Waals surface area contributed by atoms with Crippen LogP contribution < -0.4 is 41.6 Å². The summed E-state index contributed by atoms with van der Waals surface area (Å²) in [5, 5.41) is 11.0. The van der Waals surface area contributed by atoms with Gasteiger partial charge in [0, 0.05) is 5.38 Å². The van der Waals surface area contributed by atoms with Gasteiger partial charge >= 0.3 is 307 Å². The van der Waals surface area contributed by atoms with Gasteiger partial charge in [-0.3, -0.25) is 0 Å². The van der Waals surface area contributed by atoms with Gasteiger partial charge in [-0.05, 0) is 6.92 Å². The number of aryl methyl sites for hydroxylation is 2. The van der Waals surface area contributed by atoms with Gasteiger partial charge in [0.05, 0.1) is 5.69 Å². The molecule has 2 amide bonds. The number of carbonyl (C=O) groups excluding carboxylic acids is 2. The van der Waals surface area contributed by atoms with Crippen LogP contribution in [0.4, 0.5) is 26.0 Å². The first-order valence-electron chi connectivity index (χ1n) is 17.0. The number of anilines is 4. The van der Waals surface area contributed by atoms with Crippen molar-refractivity contribution in [2.45, 2.75) is 39.5 Å². The van der Waals surface area contributed by atoms with Crippen molar-refractivity contribution in [3.63, 3.8) is 0 Å². The van der Waals surface area contributed by atoms with Gasteiger partial charge in [0.2, 0.25) is 0 Å². The van der Waals surface area contributed by atoms with E-state index >= 15 is 4.39 Å². The maximum atomic E-state index is 15.4. The molecule has 2 aromatic carbocycles. The summed E-state index contributed by atoms with van der Waals surface area (Å²) < 4.78 is 17.3. The predicted molar refractivity (Wildman–Crippen MR) is 208 cm³/mol. The van der Waals surface area contributed by atoms with E-state index in [2.05, 4.69) is 68.0 Å². The third-order valence-electron chi connectivity index (χ3n) is 8.99. The van der Waals surface area contributed by atoms with E-state index < -0.39 is 32.0 Å². The number of aromatic nitrogens is 2. The fourth-order valence-corrected chi connectivity index (χ4v) is 10.3. The molecular formula is C40H43FIN6O2S2-. The van der Waals surface area contributed by atoms with Crippen LogP contribution in [0, 0.1) is 34.1 Å². The van der Waals surface area contributed by atoms with E-state index in [0.29, 0.717) is 39.8 Å². The summed E-state index contributed by atoms with van der Waals surface area (Å²) in [6.45, 7) is 3.81. The molecule has 2 aliphatic rings. The Balaban J connectivity index is 1.13. The molecule has 4 aromatic rings. The van der Waals surface area contributed by atoms with Crippen molar-refractivity contribution in [1.82, 2.24) is 9.97 Å². The number of carbonyl (C=O) groups is 2. The van der Waals surface area contributed by atoms with Crippen molar-refractivity contribution in [3.8, 4) is 0 Å². The van der Waals surface area contributed by atoms with Crippen molar-refractivity contribution in [1.29, 1.82) is 0 Å². The minimum absolute atomic E-state index is 0.0623. The van der Waals surface area contributed by atoms with E-state index in [1.54, 1.807) is 0 Å². The van der Waals surface area contributed by atoms with Gasteiger partial charge in [-0.2, -0.15) is 0 Å². The van der Waals surface area contributed by atoms with Gasteiger partial charge in [-0.25, -0.2) is 0 Å². The molecule has 0 atom stereocenters. The zero-order chi connectivity index (χ0) is 36.9. The number of halogens is 2. The quantitative estimate of drug-likeness (QED) is 0.0980. The van der Waals surface area contributed by atoms with Crippen LogP contribution in [-0.2, 0) is 22.4 Å². The molecule has 52 heavy (non-hydrogen) atoms. The molecule has 2 aliphatic carbocycles. The first-order chi connectivity index (χ1) is 24.9. The van der Waals surface area contributed by atoms with Crippen molar-refractivity contribution in [2.75, 3.05) is 46.1 Å². The van der Waals surface area contributed by atoms with Crippen LogP contribution in [0.5, 0.6) is 0 Å². The fraction of sp³-hybridized carbons (Fsp3) is 0.300. The maximum absolute atomic E-state index is 15.4. The van der Waals surface area contributed by atoms with E-state index in [-0.39, 0.29) is 24.1 Å². The van der Waals surface area contributed by atoms with Gasteiger partial charge in [0.15, 0.2) is 0 Å². The van der Waals surface area contributed by atoms with Crippen LogP contribution >= 0.6 is 22.7 Å². The van der Waals surface area contributed by atoms with Gasteiger partial charge in [0.25, 0.3) is 0 Å². The second-order valence-corrected chi connectivity index (χ2v) is 18.2. The van der Waals surface area contributed by atoms with Crippen LogP contribution in [0.2, 0.25) is 0 Å². The fourth-order valence-electron chi connectivity index (χ4n) is 6.46. The molecule has 0 aliphatic heterocycles. The Morgan fingerprint density at radius 2 is 1.31 bits per heavy atom. The second kappa shape index (κ2) is 16.3. The number of benzene rings is 2. The number of nitrogens with zero attached hydrogens (tertiary/aromatic N) is 4. The van der Waals surface area contributed by atoms with Crippen molar-refractivity contribution in [3.05, 3.63) is 128 Å². The molecule has 0 saturated heterocycles. The number of nitrogens with one attached hydrogen (secondary N) is 2. The van der Waals surface area contributed by atoms with Crippen molar-refractivity contribution >= 4 is 56.1 Å². The molecule has 0 radical (unpaired) electrons. The average molecular weight is 850 g/mol. The molecule has 0 unspecified atom stereocenters. The summed E-state index contributed by atoms with van der Waals surface area (Å²) in [6, 6.07) is 12.0. The number of alkyl halides is 1. The molecule has 2 aromatic heterocycles. The van der Waals surface area contributed by atoms with Gasteiger partial charge in [0.1, 0.15) is 0 Å². The van der Waals surface area contributed by atoms with Crippen LogP contribution in [0.25, 0.3) is 0 Å². The first kappa shape index (κ1) is 37.6. The Kier molecular flexibility index (Phi) is 11.8. The predicted octanol–water partition coefficient (Wildman–Crippen LogP) is 5.14. The van der Waals surface area contributed by atoms with Gasteiger partial charge in [-0.1, -0.05) is 0 Å². The number of hydrogen-bond donors (Lipinski definition) is 2. The molecule has 2 N–H and O–H groups in total. The second-order valence-electron chi connectivity index (χ2n) is 13.7. The Morgan fingerprint density at radius 1 is 0.769 bits per heavy atom. The first-order valence-corrected chi connectivity index (χ1v) is 21.3. The third-order valence-corrected chi connectivity index (χ3v) is 13.6. The SMILES string of the molecule is Cc1csc(NC(=O)CC2(Cc3cc([I-]CN(C)c4cc(CC5(CC(=O)Nc6nc(C)cs6)C=CC=C5)ccc4F)cc(N(C)C)c3)C=CC=C2)n1. The molecule has 8 nitrogen and oxygen atoms in total. The number of allylic oxidation sites excluding steroid dienone is 8. The summed E-state index contributed by atoms with van der Waals surface area (Å²) >= 11 is 2.31. The zero-order valence-corrected chi connectivity index (χ0v) is 33.7. The molecule has 2 heterocycles. The Hall–Kier alpha value is -4.14. The third kappa shape index (κ3) is 9.64. The van der Waals surface area contributed by atoms with Crippen LogP contribution in [0.3, 0.4) is 0 Å². The minimum atomic E-state index is -0.535. The summed E-state index contributed by atoms with van der Waals surface area (Å²) in [5.41, 5.74) is 4.60. The van der Waals surface area contributed by atoms with Crippen LogP contribution in [0.15, 0.2) is 95.8 Å². The summed E-state index contributed by atoms with van der Waals surface area (Å²) in [7, 11) is 6.01. The van der Waals surface area contributed by atoms with E-state index in [1.165, 1.54) is 32.3 Å². The van der Waals surface area contributed by atoms with E-state index in [1.807, 2.05) is 87.1 Å². The molecule has 12 heteroatoms. The topological polar surface area (TPSA) is 90.5 Å². The normalized spacial score (nSPS) is 15.0. The van der Waals surface area contributed by atoms with Crippen molar-refractivity contribution in [2.24, 2.45) is 10.8 Å². The number of thiazole rings is 2. The molecule has 0 fully saturated rings. The van der Waals surface area contributed by atoms with Crippen LogP contribution in [-0.4, -0.2) is 47.5 Å². The molecule has 6 rings (SSSR count).